The third kappa shape index (κ3) is 6.55. The van der Waals surface area contributed by atoms with Gasteiger partial charge in [0.25, 0.3) is 5.91 Å². The maximum absolute atomic E-state index is 12.7. The summed E-state index contributed by atoms with van der Waals surface area (Å²) in [7, 11) is 3.97. The van der Waals surface area contributed by atoms with Gasteiger partial charge in [0, 0.05) is 22.8 Å². The van der Waals surface area contributed by atoms with Gasteiger partial charge in [0.1, 0.15) is 5.75 Å². The molecule has 0 saturated carbocycles. The minimum atomic E-state index is -0.281. The van der Waals surface area contributed by atoms with Crippen molar-refractivity contribution in [2.45, 2.75) is 33.9 Å². The highest BCUT2D eigenvalue weighted by molar-refractivity contribution is 6.30. The van der Waals surface area contributed by atoms with Crippen LogP contribution in [0.3, 0.4) is 0 Å². The Morgan fingerprint density at radius 1 is 1.22 bits per heavy atom. The lowest BCUT2D eigenvalue weighted by molar-refractivity contribution is 0.102. The number of amides is 1. The second kappa shape index (κ2) is 10.6. The second-order valence-electron chi connectivity index (χ2n) is 8.52. The Kier molecular flexibility index (Phi) is 7.88. The number of nitrogens with zero attached hydrogens (tertiary/aromatic N) is 4. The summed E-state index contributed by atoms with van der Waals surface area (Å²) in [4.78, 5) is 19.1. The van der Waals surface area contributed by atoms with Gasteiger partial charge in [0.05, 0.1) is 30.7 Å². The lowest BCUT2D eigenvalue weighted by Crippen LogP contribution is -2.15. The van der Waals surface area contributed by atoms with Crippen LogP contribution < -0.4 is 10.1 Å². The Hall–Kier alpha value is -2.90. The van der Waals surface area contributed by atoms with E-state index in [1.807, 2.05) is 56.3 Å². The van der Waals surface area contributed by atoms with E-state index in [0.29, 0.717) is 35.5 Å². The number of hydrogen-bond acceptors (Lipinski definition) is 5. The monoisotopic (exact) mass is 455 g/mol. The predicted octanol–water partition coefficient (Wildman–Crippen LogP) is 4.64. The first-order chi connectivity index (χ1) is 15.2. The van der Waals surface area contributed by atoms with Crippen LogP contribution in [0.5, 0.6) is 5.75 Å². The van der Waals surface area contributed by atoms with Crippen LogP contribution in [0.1, 0.15) is 41.3 Å². The molecule has 0 spiro atoms. The molecule has 0 saturated heterocycles. The number of anilines is 1. The molecule has 0 atom stereocenters. The first-order valence-electron chi connectivity index (χ1n) is 10.6. The summed E-state index contributed by atoms with van der Waals surface area (Å²) < 4.78 is 7.72. The van der Waals surface area contributed by atoms with Crippen molar-refractivity contribution < 1.29 is 9.53 Å². The van der Waals surface area contributed by atoms with Crippen molar-refractivity contribution in [1.82, 2.24) is 19.7 Å². The van der Waals surface area contributed by atoms with Crippen molar-refractivity contribution in [2.75, 3.05) is 26.0 Å². The molecular formula is C24H30ClN5O2. The van der Waals surface area contributed by atoms with E-state index in [4.69, 9.17) is 16.3 Å². The van der Waals surface area contributed by atoms with E-state index < -0.39 is 0 Å². The second-order valence-corrected chi connectivity index (χ2v) is 8.95. The van der Waals surface area contributed by atoms with Crippen molar-refractivity contribution in [1.29, 1.82) is 0 Å². The van der Waals surface area contributed by atoms with Crippen LogP contribution in [0.2, 0.25) is 5.02 Å². The third-order valence-corrected chi connectivity index (χ3v) is 4.92. The number of hydrogen-bond donors (Lipinski definition) is 1. The lowest BCUT2D eigenvalue weighted by atomic mass is 10.2. The van der Waals surface area contributed by atoms with Crippen molar-refractivity contribution in [3.63, 3.8) is 0 Å². The Morgan fingerprint density at radius 3 is 2.66 bits per heavy atom. The summed E-state index contributed by atoms with van der Waals surface area (Å²) in [6, 6.07) is 11.1. The number of halogens is 1. The number of aromatic nitrogens is 3. The average Bonchev–Trinajstić information content (AvgIpc) is 3.09. The largest absolute Gasteiger partial charge is 0.493 e. The van der Waals surface area contributed by atoms with Crippen molar-refractivity contribution in [3.05, 3.63) is 70.3 Å². The number of rotatable bonds is 9. The predicted molar refractivity (Wildman–Crippen MR) is 127 cm³/mol. The fourth-order valence-electron chi connectivity index (χ4n) is 3.12. The molecule has 0 aliphatic heterocycles. The zero-order valence-corrected chi connectivity index (χ0v) is 20.0. The quantitative estimate of drug-likeness (QED) is 0.509. The van der Waals surface area contributed by atoms with Gasteiger partial charge in [-0.3, -0.25) is 14.5 Å². The zero-order valence-electron chi connectivity index (χ0n) is 19.2. The Morgan fingerprint density at radius 2 is 2.00 bits per heavy atom. The smallest absolute Gasteiger partial charge is 0.276 e. The zero-order chi connectivity index (χ0) is 23.3. The van der Waals surface area contributed by atoms with E-state index in [2.05, 4.69) is 29.2 Å². The van der Waals surface area contributed by atoms with Crippen LogP contribution >= 0.6 is 11.6 Å². The Labute approximate surface area is 194 Å². The van der Waals surface area contributed by atoms with Gasteiger partial charge in [-0.15, -0.1) is 0 Å². The van der Waals surface area contributed by atoms with Gasteiger partial charge in [0.2, 0.25) is 0 Å². The molecule has 32 heavy (non-hydrogen) atoms. The van der Waals surface area contributed by atoms with Crippen molar-refractivity contribution >= 4 is 23.2 Å². The lowest BCUT2D eigenvalue weighted by Gasteiger charge is -2.14. The molecular weight excluding hydrogens is 426 g/mol. The molecule has 0 bridgehead atoms. The van der Waals surface area contributed by atoms with Crippen LogP contribution in [-0.2, 0) is 13.1 Å². The minimum absolute atomic E-state index is 0.281. The number of aryl methyl sites for hydroxylation is 1. The summed E-state index contributed by atoms with van der Waals surface area (Å²) in [5.74, 6) is 0.899. The summed E-state index contributed by atoms with van der Waals surface area (Å²) >= 11 is 6.21. The molecule has 1 aromatic carbocycles. The molecule has 3 aromatic rings. The highest BCUT2D eigenvalue weighted by atomic mass is 35.5. The van der Waals surface area contributed by atoms with Gasteiger partial charge in [-0.2, -0.15) is 5.10 Å². The first kappa shape index (κ1) is 23.8. The maximum atomic E-state index is 12.7. The SMILES string of the molecule is Cc1cc(C(=O)Nc2ccc(CN(C)C)nc2)nn1Cc1cc(Cl)ccc1OCC(C)C. The molecule has 8 heteroatoms. The molecule has 0 radical (unpaired) electrons. The normalized spacial score (nSPS) is 11.2. The molecule has 1 amide bonds. The Balaban J connectivity index is 1.72. The highest BCUT2D eigenvalue weighted by Crippen LogP contribution is 2.25. The molecule has 7 nitrogen and oxygen atoms in total. The van der Waals surface area contributed by atoms with E-state index in [1.54, 1.807) is 16.9 Å². The van der Waals surface area contributed by atoms with Crippen LogP contribution in [0.25, 0.3) is 0 Å². The highest BCUT2D eigenvalue weighted by Gasteiger charge is 2.15. The molecule has 0 aliphatic carbocycles. The molecule has 1 N–H and O–H groups in total. The fraction of sp³-hybridized carbons (Fsp3) is 0.375. The van der Waals surface area contributed by atoms with Crippen LogP contribution in [0.4, 0.5) is 5.69 Å². The molecule has 2 heterocycles. The van der Waals surface area contributed by atoms with Gasteiger partial charge in [0.15, 0.2) is 5.69 Å². The van der Waals surface area contributed by atoms with E-state index in [9.17, 15) is 4.79 Å². The molecule has 0 aliphatic rings. The minimum Gasteiger partial charge on any atom is -0.493 e. The molecule has 3 rings (SSSR count). The van der Waals surface area contributed by atoms with Crippen LogP contribution in [-0.4, -0.2) is 46.3 Å². The topological polar surface area (TPSA) is 72.3 Å². The van der Waals surface area contributed by atoms with Gasteiger partial charge in [-0.25, -0.2) is 0 Å². The standard InChI is InChI=1S/C24H30ClN5O2/c1-16(2)15-32-23-9-6-19(25)11-18(23)13-30-17(3)10-22(28-30)24(31)27-20-7-8-21(26-12-20)14-29(4)5/h6-12,16H,13-15H2,1-5H3,(H,27,31). The number of nitrogens with one attached hydrogen (secondary N) is 1. The first-order valence-corrected chi connectivity index (χ1v) is 11.0. The summed E-state index contributed by atoms with van der Waals surface area (Å²) in [5, 5.41) is 7.99. The molecule has 0 unspecified atom stereocenters. The average molecular weight is 456 g/mol. The summed E-state index contributed by atoms with van der Waals surface area (Å²) in [6.45, 7) is 7.92. The van der Waals surface area contributed by atoms with Crippen LogP contribution in [0, 0.1) is 12.8 Å². The maximum Gasteiger partial charge on any atom is 0.276 e. The number of carbonyl (C=O) groups is 1. The number of ether oxygens (including phenoxy) is 1. The van der Waals surface area contributed by atoms with Gasteiger partial charge in [-0.1, -0.05) is 25.4 Å². The number of pyridine rings is 1. The number of carbonyl (C=O) groups excluding carboxylic acids is 1. The fourth-order valence-corrected chi connectivity index (χ4v) is 3.32. The van der Waals surface area contributed by atoms with Gasteiger partial charge < -0.3 is 15.0 Å². The van der Waals surface area contributed by atoms with E-state index >= 15 is 0 Å². The summed E-state index contributed by atoms with van der Waals surface area (Å²) in [5.41, 5.74) is 3.68. The van der Waals surface area contributed by atoms with E-state index in [-0.39, 0.29) is 5.91 Å². The van der Waals surface area contributed by atoms with Gasteiger partial charge >= 0.3 is 0 Å². The third-order valence-electron chi connectivity index (χ3n) is 4.69. The molecule has 2 aromatic heterocycles. The van der Waals surface area contributed by atoms with E-state index in [1.165, 1.54) is 0 Å². The number of benzene rings is 1. The van der Waals surface area contributed by atoms with Gasteiger partial charge in [-0.05, 0) is 63.3 Å². The molecule has 0 fully saturated rings. The summed E-state index contributed by atoms with van der Waals surface area (Å²) in [6.07, 6.45) is 1.66. The van der Waals surface area contributed by atoms with E-state index in [0.717, 1.165) is 29.2 Å². The molecule has 170 valence electrons. The Bertz CT molecular complexity index is 1060. The van der Waals surface area contributed by atoms with Crippen LogP contribution in [0.15, 0.2) is 42.6 Å². The van der Waals surface area contributed by atoms with Crippen molar-refractivity contribution in [3.8, 4) is 5.75 Å². The van der Waals surface area contributed by atoms with Crippen molar-refractivity contribution in [2.24, 2.45) is 5.92 Å².